The number of fused-ring (bicyclic) bond motifs is 2. The smallest absolute Gasteiger partial charge is 0.306 e. The number of nitrogens with two attached hydrogens (primary N) is 1. The van der Waals surface area contributed by atoms with Crippen molar-refractivity contribution in [2.24, 2.45) is 5.73 Å². The summed E-state index contributed by atoms with van der Waals surface area (Å²) in [6.07, 6.45) is -4.23. The topological polar surface area (TPSA) is 225 Å². The Bertz CT molecular complexity index is 1670. The van der Waals surface area contributed by atoms with Crippen molar-refractivity contribution >= 4 is 17.5 Å². The Morgan fingerprint density at radius 3 is 2.14 bits per heavy atom. The van der Waals surface area contributed by atoms with Crippen LogP contribution in [0.25, 0.3) is 0 Å². The number of phenols is 2. The summed E-state index contributed by atoms with van der Waals surface area (Å²) in [5.74, 6) is -3.30. The zero-order valence-corrected chi connectivity index (χ0v) is 29.1. The average molecular weight is 714 g/mol. The van der Waals surface area contributed by atoms with Gasteiger partial charge in [-0.2, -0.15) is 0 Å². The molecular formula is C37H47NO13. The molecule has 278 valence electrons. The molecule has 2 aromatic rings. The highest BCUT2D eigenvalue weighted by molar-refractivity contribution is 6.30. The van der Waals surface area contributed by atoms with Gasteiger partial charge < -0.3 is 55.0 Å². The summed E-state index contributed by atoms with van der Waals surface area (Å²) in [6, 6.07) is 5.64. The Hall–Kier alpha value is -3.47. The van der Waals surface area contributed by atoms with E-state index in [1.54, 1.807) is 20.8 Å². The Morgan fingerprint density at radius 1 is 0.863 bits per heavy atom. The van der Waals surface area contributed by atoms with Crippen molar-refractivity contribution in [3.63, 3.8) is 0 Å². The molecule has 3 fully saturated rings. The van der Waals surface area contributed by atoms with E-state index in [1.165, 1.54) is 24.3 Å². The third-order valence-corrected chi connectivity index (χ3v) is 10.6. The minimum Gasteiger partial charge on any atom is -0.507 e. The molecule has 51 heavy (non-hydrogen) atoms. The Morgan fingerprint density at radius 2 is 1.51 bits per heavy atom. The second-order valence-electron chi connectivity index (χ2n) is 14.6. The summed E-state index contributed by atoms with van der Waals surface area (Å²) < 4.78 is 30.0. The molecular weight excluding hydrogens is 666 g/mol. The third-order valence-electron chi connectivity index (χ3n) is 10.6. The number of aliphatic carboxylic acids is 1. The predicted molar refractivity (Wildman–Crippen MR) is 178 cm³/mol. The Balaban J connectivity index is 1.20. The van der Waals surface area contributed by atoms with E-state index in [2.05, 4.69) is 0 Å². The first kappa shape index (κ1) is 37.3. The van der Waals surface area contributed by atoms with Crippen molar-refractivity contribution in [2.45, 2.75) is 140 Å². The van der Waals surface area contributed by atoms with Gasteiger partial charge in [0.1, 0.15) is 17.6 Å². The highest BCUT2D eigenvalue weighted by atomic mass is 16.7. The summed E-state index contributed by atoms with van der Waals surface area (Å²) in [5.41, 5.74) is 4.64. The van der Waals surface area contributed by atoms with Crippen LogP contribution in [0.15, 0.2) is 24.3 Å². The standard InChI is InChI=1S/C37H47NO13/c1-16-23(38)9-12-28(48-16)51-37(4,15-27(40)41)14-19-5-6-21-30(33(19)43)35(45)22-8-7-20(34(44)31(22)36(21)46)26-11-10-25(17(2)47-26)50-29-13-24(39)32(42)18(3)49-29/h5-8,16-18,23-26,28-29,32,39,42-44H,9-15,38H2,1-4H3,(H,40,41). The van der Waals surface area contributed by atoms with Gasteiger partial charge in [-0.05, 0) is 71.1 Å². The molecule has 0 aromatic heterocycles. The number of aromatic hydroxyl groups is 2. The van der Waals surface area contributed by atoms with Crippen LogP contribution in [0.3, 0.4) is 0 Å². The molecule has 11 unspecified atom stereocenters. The number of ether oxygens (including phenoxy) is 5. The molecule has 0 amide bonds. The lowest BCUT2D eigenvalue weighted by Crippen LogP contribution is -2.49. The fourth-order valence-corrected chi connectivity index (χ4v) is 7.68. The van der Waals surface area contributed by atoms with Crippen molar-refractivity contribution in [3.8, 4) is 11.5 Å². The van der Waals surface area contributed by atoms with Crippen molar-refractivity contribution in [1.82, 2.24) is 0 Å². The van der Waals surface area contributed by atoms with Crippen molar-refractivity contribution in [2.75, 3.05) is 0 Å². The molecule has 3 aliphatic heterocycles. The van der Waals surface area contributed by atoms with Crippen LogP contribution in [0.1, 0.15) is 115 Å². The lowest BCUT2D eigenvalue weighted by molar-refractivity contribution is -0.278. The van der Waals surface area contributed by atoms with Gasteiger partial charge in [-0.25, -0.2) is 0 Å². The number of rotatable bonds is 9. The van der Waals surface area contributed by atoms with E-state index in [0.717, 1.165) is 0 Å². The van der Waals surface area contributed by atoms with Crippen LogP contribution in [-0.2, 0) is 34.9 Å². The van der Waals surface area contributed by atoms with E-state index >= 15 is 0 Å². The SMILES string of the molecule is CC1OC(OC(C)(CC(=O)O)Cc2ccc3c(c2O)C(=O)c2ccc(C4CCC(OC5CC(O)C(O)C(C)O5)C(C)O4)c(O)c2C3=O)CCC1N. The van der Waals surface area contributed by atoms with Gasteiger partial charge in [0.2, 0.25) is 0 Å². The number of ketones is 2. The third kappa shape index (κ3) is 7.42. The van der Waals surface area contributed by atoms with Gasteiger partial charge in [0.05, 0.1) is 59.8 Å². The summed E-state index contributed by atoms with van der Waals surface area (Å²) in [4.78, 5) is 39.6. The van der Waals surface area contributed by atoms with Crippen LogP contribution >= 0.6 is 0 Å². The first-order valence-electron chi connectivity index (χ1n) is 17.5. The van der Waals surface area contributed by atoms with Crippen molar-refractivity contribution in [3.05, 3.63) is 57.6 Å². The van der Waals surface area contributed by atoms with Gasteiger partial charge >= 0.3 is 5.97 Å². The van der Waals surface area contributed by atoms with E-state index in [0.29, 0.717) is 31.2 Å². The lowest BCUT2D eigenvalue weighted by Gasteiger charge is -2.40. The first-order valence-corrected chi connectivity index (χ1v) is 17.5. The monoisotopic (exact) mass is 713 g/mol. The summed E-state index contributed by atoms with van der Waals surface area (Å²) in [6.45, 7) is 6.86. The molecule has 0 saturated carbocycles. The molecule has 4 aliphatic rings. The molecule has 14 nitrogen and oxygen atoms in total. The number of benzene rings is 2. The van der Waals surface area contributed by atoms with E-state index in [1.807, 2.05) is 6.92 Å². The zero-order valence-electron chi connectivity index (χ0n) is 29.1. The zero-order chi connectivity index (χ0) is 36.9. The van der Waals surface area contributed by atoms with Crippen molar-refractivity contribution < 1.29 is 63.6 Å². The largest absolute Gasteiger partial charge is 0.507 e. The van der Waals surface area contributed by atoms with Crippen LogP contribution in [0, 0.1) is 0 Å². The van der Waals surface area contributed by atoms with Gasteiger partial charge in [-0.15, -0.1) is 0 Å². The normalized spacial score (nSPS) is 33.6. The van der Waals surface area contributed by atoms with Crippen LogP contribution in [0.4, 0.5) is 0 Å². The number of carbonyl (C=O) groups excluding carboxylic acids is 2. The lowest BCUT2D eigenvalue weighted by atomic mass is 9.79. The van der Waals surface area contributed by atoms with E-state index in [9.17, 15) is 39.9 Å². The molecule has 14 heteroatoms. The predicted octanol–water partition coefficient (Wildman–Crippen LogP) is 3.00. The highest BCUT2D eigenvalue weighted by Crippen LogP contribution is 2.44. The second-order valence-corrected chi connectivity index (χ2v) is 14.6. The quantitative estimate of drug-likeness (QED) is 0.188. The molecule has 11 atom stereocenters. The van der Waals surface area contributed by atoms with Gasteiger partial charge in [0, 0.05) is 35.6 Å². The van der Waals surface area contributed by atoms with Gasteiger partial charge in [-0.3, -0.25) is 14.4 Å². The molecule has 7 N–H and O–H groups in total. The van der Waals surface area contributed by atoms with Crippen molar-refractivity contribution in [1.29, 1.82) is 0 Å². The number of aliphatic hydroxyl groups is 2. The fraction of sp³-hybridized carbons (Fsp3) is 0.595. The summed E-state index contributed by atoms with van der Waals surface area (Å²) in [7, 11) is 0. The van der Waals surface area contributed by atoms with Gasteiger partial charge in [0.15, 0.2) is 24.1 Å². The highest BCUT2D eigenvalue weighted by Gasteiger charge is 2.42. The van der Waals surface area contributed by atoms with Gasteiger partial charge in [0.25, 0.3) is 0 Å². The first-order chi connectivity index (χ1) is 24.1. The Kier molecular flexibility index (Phi) is 10.6. The number of phenolic OH excluding ortho intramolecular Hbond substituents is 2. The molecule has 2 aromatic carbocycles. The minimum absolute atomic E-state index is 0.0824. The second kappa shape index (κ2) is 14.5. The maximum absolute atomic E-state index is 13.9. The fourth-order valence-electron chi connectivity index (χ4n) is 7.68. The molecule has 0 radical (unpaired) electrons. The maximum atomic E-state index is 13.9. The number of hydrogen-bond donors (Lipinski definition) is 6. The summed E-state index contributed by atoms with van der Waals surface area (Å²) in [5, 5.41) is 52.7. The van der Waals surface area contributed by atoms with Crippen LogP contribution < -0.4 is 5.73 Å². The van der Waals surface area contributed by atoms with E-state index < -0.39 is 84.5 Å². The minimum atomic E-state index is -1.34. The average Bonchev–Trinajstić information content (AvgIpc) is 3.05. The molecule has 6 rings (SSSR count). The molecule has 3 heterocycles. The van der Waals surface area contributed by atoms with E-state index in [4.69, 9.17) is 29.4 Å². The number of carbonyl (C=O) groups is 3. The molecule has 0 bridgehead atoms. The number of aliphatic hydroxyl groups excluding tert-OH is 2. The molecule has 0 spiro atoms. The molecule has 3 saturated heterocycles. The number of carboxylic acid groups (broad SMARTS) is 1. The maximum Gasteiger partial charge on any atom is 0.306 e. The summed E-state index contributed by atoms with van der Waals surface area (Å²) >= 11 is 0. The van der Waals surface area contributed by atoms with E-state index in [-0.39, 0.29) is 58.6 Å². The van der Waals surface area contributed by atoms with Crippen LogP contribution in [-0.4, -0.2) is 104 Å². The number of carboxylic acids is 1. The number of hydrogen-bond acceptors (Lipinski definition) is 13. The van der Waals surface area contributed by atoms with Crippen LogP contribution in [0.5, 0.6) is 11.5 Å². The van der Waals surface area contributed by atoms with Crippen LogP contribution in [0.2, 0.25) is 0 Å². The Labute approximate surface area is 295 Å². The van der Waals surface area contributed by atoms with Gasteiger partial charge in [-0.1, -0.05) is 12.1 Å². The molecule has 1 aliphatic carbocycles.